The maximum absolute atomic E-state index is 5.83. The minimum absolute atomic E-state index is 0.450. The maximum Gasteiger partial charge on any atom is 0.0615 e. The largest absolute Gasteiger partial charge is 0.377 e. The molecular weight excluding hydrogens is 182 g/mol. The molecule has 3 heteroatoms. The minimum Gasteiger partial charge on any atom is -0.377 e. The molecule has 0 radical (unpaired) electrons. The van der Waals surface area contributed by atoms with E-state index in [4.69, 9.17) is 10.5 Å². The van der Waals surface area contributed by atoms with E-state index in [1.165, 1.54) is 25.7 Å². The Balaban J connectivity index is 2.19. The summed E-state index contributed by atoms with van der Waals surface area (Å²) < 4.78 is 5.83. The van der Waals surface area contributed by atoms with E-state index < -0.39 is 0 Å². The van der Waals surface area contributed by atoms with Gasteiger partial charge >= 0.3 is 0 Å². The zero-order valence-corrected chi connectivity index (χ0v) is 9.31. The smallest absolute Gasteiger partial charge is 0.0615 e. The van der Waals surface area contributed by atoms with Gasteiger partial charge in [-0.3, -0.25) is 0 Å². The van der Waals surface area contributed by atoms with Gasteiger partial charge < -0.3 is 10.5 Å². The van der Waals surface area contributed by atoms with E-state index in [1.54, 1.807) is 0 Å². The fourth-order valence-corrected chi connectivity index (χ4v) is 2.21. The Morgan fingerprint density at radius 1 is 1.38 bits per heavy atom. The summed E-state index contributed by atoms with van der Waals surface area (Å²) in [5.41, 5.74) is 5.71. The van der Waals surface area contributed by atoms with Gasteiger partial charge in [0.1, 0.15) is 0 Å². The summed E-state index contributed by atoms with van der Waals surface area (Å²) in [6, 6.07) is 0. The highest BCUT2D eigenvalue weighted by Crippen LogP contribution is 2.25. The molecule has 1 saturated carbocycles. The lowest BCUT2D eigenvalue weighted by Gasteiger charge is -2.30. The van der Waals surface area contributed by atoms with Crippen molar-refractivity contribution in [3.05, 3.63) is 0 Å². The van der Waals surface area contributed by atoms with Gasteiger partial charge in [-0.15, -0.1) is 0 Å². The summed E-state index contributed by atoms with van der Waals surface area (Å²) >= 11 is 1.84. The van der Waals surface area contributed by atoms with E-state index in [9.17, 15) is 0 Å². The van der Waals surface area contributed by atoms with Crippen molar-refractivity contribution in [2.24, 2.45) is 11.7 Å². The summed E-state index contributed by atoms with van der Waals surface area (Å²) in [6.45, 7) is 1.69. The molecule has 2 atom stereocenters. The Morgan fingerprint density at radius 3 is 2.85 bits per heavy atom. The van der Waals surface area contributed by atoms with Crippen LogP contribution in [0.25, 0.3) is 0 Å². The Labute approximate surface area is 85.6 Å². The van der Waals surface area contributed by atoms with E-state index in [0.29, 0.717) is 12.0 Å². The second-order valence-electron chi connectivity index (χ2n) is 3.68. The van der Waals surface area contributed by atoms with Crippen molar-refractivity contribution in [3.63, 3.8) is 0 Å². The van der Waals surface area contributed by atoms with Crippen molar-refractivity contribution < 1.29 is 4.74 Å². The fourth-order valence-electron chi connectivity index (χ4n) is 1.95. The van der Waals surface area contributed by atoms with Crippen molar-refractivity contribution >= 4 is 11.8 Å². The van der Waals surface area contributed by atoms with Crippen molar-refractivity contribution in [3.8, 4) is 0 Å². The molecule has 1 aliphatic rings. The van der Waals surface area contributed by atoms with Gasteiger partial charge in [0.25, 0.3) is 0 Å². The van der Waals surface area contributed by atoms with Crippen LogP contribution in [0.3, 0.4) is 0 Å². The third-order valence-corrected chi connectivity index (χ3v) is 3.34. The first-order chi connectivity index (χ1) is 6.38. The molecule has 2 nitrogen and oxygen atoms in total. The third kappa shape index (κ3) is 3.88. The van der Waals surface area contributed by atoms with Crippen molar-refractivity contribution in [1.82, 2.24) is 0 Å². The first kappa shape index (κ1) is 11.3. The Morgan fingerprint density at radius 2 is 2.15 bits per heavy atom. The lowest BCUT2D eigenvalue weighted by Crippen LogP contribution is -2.33. The second kappa shape index (κ2) is 6.68. The molecule has 1 fully saturated rings. The van der Waals surface area contributed by atoms with E-state index in [-0.39, 0.29) is 0 Å². The van der Waals surface area contributed by atoms with E-state index >= 15 is 0 Å². The SMILES string of the molecule is CSCCOC1CCCCC1CN. The van der Waals surface area contributed by atoms with E-state index in [2.05, 4.69) is 6.26 Å². The van der Waals surface area contributed by atoms with Crippen LogP contribution >= 0.6 is 11.8 Å². The standard InChI is InChI=1S/C10H21NOS/c1-13-7-6-12-10-5-3-2-4-9(10)8-11/h9-10H,2-8,11H2,1H3. The molecule has 1 aliphatic carbocycles. The maximum atomic E-state index is 5.83. The summed E-state index contributed by atoms with van der Waals surface area (Å²) in [7, 11) is 0. The topological polar surface area (TPSA) is 35.2 Å². The molecule has 0 saturated heterocycles. The Kier molecular flexibility index (Phi) is 5.83. The molecule has 0 aromatic carbocycles. The normalized spacial score (nSPS) is 29.1. The van der Waals surface area contributed by atoms with Crippen LogP contribution in [0.4, 0.5) is 0 Å². The molecule has 0 amide bonds. The monoisotopic (exact) mass is 203 g/mol. The number of hydrogen-bond donors (Lipinski definition) is 1. The van der Waals surface area contributed by atoms with Gasteiger partial charge in [-0.25, -0.2) is 0 Å². The van der Waals surface area contributed by atoms with Crippen molar-refractivity contribution in [2.75, 3.05) is 25.2 Å². The first-order valence-electron chi connectivity index (χ1n) is 5.19. The minimum atomic E-state index is 0.450. The average molecular weight is 203 g/mol. The van der Waals surface area contributed by atoms with Crippen LogP contribution in [0.1, 0.15) is 25.7 Å². The predicted molar refractivity (Wildman–Crippen MR) is 59.1 cm³/mol. The highest BCUT2D eigenvalue weighted by atomic mass is 32.2. The molecule has 0 aromatic rings. The molecule has 78 valence electrons. The zero-order valence-electron chi connectivity index (χ0n) is 8.50. The van der Waals surface area contributed by atoms with Crippen LogP contribution in [0.5, 0.6) is 0 Å². The Bertz CT molecular complexity index is 132. The molecule has 0 bridgehead atoms. The van der Waals surface area contributed by atoms with Crippen molar-refractivity contribution in [1.29, 1.82) is 0 Å². The predicted octanol–water partition coefficient (Wildman–Crippen LogP) is 1.88. The zero-order chi connectivity index (χ0) is 9.52. The quantitative estimate of drug-likeness (QED) is 0.693. The van der Waals surface area contributed by atoms with Gasteiger partial charge in [0.05, 0.1) is 12.7 Å². The molecule has 0 aliphatic heterocycles. The van der Waals surface area contributed by atoms with Gasteiger partial charge in [-0.1, -0.05) is 12.8 Å². The summed E-state index contributed by atoms with van der Waals surface area (Å²) in [5, 5.41) is 0. The number of ether oxygens (including phenoxy) is 1. The van der Waals surface area contributed by atoms with Crippen LogP contribution < -0.4 is 5.73 Å². The summed E-state index contributed by atoms with van der Waals surface area (Å²) in [5.74, 6) is 1.73. The first-order valence-corrected chi connectivity index (χ1v) is 6.58. The lowest BCUT2D eigenvalue weighted by atomic mass is 9.86. The number of rotatable bonds is 5. The Hall–Kier alpha value is 0.270. The van der Waals surface area contributed by atoms with Crippen LogP contribution in [0.15, 0.2) is 0 Å². The van der Waals surface area contributed by atoms with Crippen LogP contribution in [0, 0.1) is 5.92 Å². The molecular formula is C10H21NOS. The average Bonchev–Trinajstić information content (AvgIpc) is 2.19. The molecule has 13 heavy (non-hydrogen) atoms. The highest BCUT2D eigenvalue weighted by molar-refractivity contribution is 7.98. The van der Waals surface area contributed by atoms with Crippen LogP contribution in [0.2, 0.25) is 0 Å². The van der Waals surface area contributed by atoms with Gasteiger partial charge in [0.15, 0.2) is 0 Å². The number of nitrogens with two attached hydrogens (primary N) is 1. The van der Waals surface area contributed by atoms with E-state index in [0.717, 1.165) is 18.9 Å². The van der Waals surface area contributed by atoms with Gasteiger partial charge in [0, 0.05) is 5.75 Å². The van der Waals surface area contributed by atoms with E-state index in [1.807, 2.05) is 11.8 Å². The molecule has 1 rings (SSSR count). The van der Waals surface area contributed by atoms with Crippen LogP contribution in [-0.2, 0) is 4.74 Å². The molecule has 0 heterocycles. The summed E-state index contributed by atoms with van der Waals surface area (Å²) in [4.78, 5) is 0. The summed E-state index contributed by atoms with van der Waals surface area (Å²) in [6.07, 6.45) is 7.71. The molecule has 0 spiro atoms. The molecule has 0 aromatic heterocycles. The second-order valence-corrected chi connectivity index (χ2v) is 4.67. The van der Waals surface area contributed by atoms with Crippen LogP contribution in [-0.4, -0.2) is 31.3 Å². The highest BCUT2D eigenvalue weighted by Gasteiger charge is 2.23. The third-order valence-electron chi connectivity index (χ3n) is 2.76. The van der Waals surface area contributed by atoms with Crippen molar-refractivity contribution in [2.45, 2.75) is 31.8 Å². The number of hydrogen-bond acceptors (Lipinski definition) is 3. The molecule has 2 N–H and O–H groups in total. The van der Waals surface area contributed by atoms with Gasteiger partial charge in [-0.05, 0) is 31.6 Å². The fraction of sp³-hybridized carbons (Fsp3) is 1.00. The van der Waals surface area contributed by atoms with Gasteiger partial charge in [0.2, 0.25) is 0 Å². The lowest BCUT2D eigenvalue weighted by molar-refractivity contribution is 0.000329. The van der Waals surface area contributed by atoms with Gasteiger partial charge in [-0.2, -0.15) is 11.8 Å². The number of thioether (sulfide) groups is 1. The molecule has 2 unspecified atom stereocenters.